The molecule has 1 aliphatic heterocycles. The number of ether oxygens (including phenoxy) is 1. The molecule has 3 rings (SSSR count). The van der Waals surface area contributed by atoms with Crippen molar-refractivity contribution in [3.8, 4) is 15.5 Å². The highest BCUT2D eigenvalue weighted by Gasteiger charge is 2.41. The molecule has 0 amide bonds. The quantitative estimate of drug-likeness (QED) is 0.0838. The van der Waals surface area contributed by atoms with Crippen molar-refractivity contribution >= 4 is 22.7 Å². The molecule has 0 fully saturated rings. The van der Waals surface area contributed by atoms with Gasteiger partial charge in [0, 0.05) is 5.56 Å². The van der Waals surface area contributed by atoms with Gasteiger partial charge in [0.2, 0.25) is 0 Å². The lowest BCUT2D eigenvalue weighted by Gasteiger charge is -2.38. The second-order valence-electron chi connectivity index (χ2n) is 13.4. The molecule has 0 bridgehead atoms. The van der Waals surface area contributed by atoms with Gasteiger partial charge in [-0.2, -0.15) is 0 Å². The van der Waals surface area contributed by atoms with E-state index in [-0.39, 0.29) is 5.60 Å². The third-order valence-electron chi connectivity index (χ3n) is 9.67. The Hall–Kier alpha value is -0.800. The van der Waals surface area contributed by atoms with Crippen LogP contribution in [0.2, 0.25) is 0 Å². The second kappa shape index (κ2) is 26.3. The Balaban J connectivity index is 0.00000330. The van der Waals surface area contributed by atoms with Gasteiger partial charge < -0.3 is 4.74 Å². The van der Waals surface area contributed by atoms with Gasteiger partial charge in [-0.05, 0) is 48.6 Å². The summed E-state index contributed by atoms with van der Waals surface area (Å²) in [5, 5.41) is 4.53. The first kappa shape index (κ1) is 39.4. The van der Waals surface area contributed by atoms with E-state index >= 15 is 0 Å². The van der Waals surface area contributed by atoms with Gasteiger partial charge in [-0.1, -0.05) is 182 Å². The fourth-order valence-electron chi connectivity index (χ4n) is 7.01. The molecule has 3 heterocycles. The first-order valence-corrected chi connectivity index (χ1v) is 21.4. The molecule has 2 aromatic heterocycles. The molecule has 254 valence electrons. The van der Waals surface area contributed by atoms with Crippen molar-refractivity contribution in [3.05, 3.63) is 28.5 Å². The molecule has 1 nitrogen and oxygen atoms in total. The predicted molar refractivity (Wildman–Crippen MR) is 202 cm³/mol. The average molecular weight is 645 g/mol. The Morgan fingerprint density at radius 2 is 0.795 bits per heavy atom. The maximum absolute atomic E-state index is 6.98. The van der Waals surface area contributed by atoms with Gasteiger partial charge in [0.15, 0.2) is 0 Å². The van der Waals surface area contributed by atoms with Crippen LogP contribution >= 0.6 is 22.7 Å². The number of thiophene rings is 2. The lowest BCUT2D eigenvalue weighted by atomic mass is 9.81. The van der Waals surface area contributed by atoms with E-state index in [1.807, 2.05) is 36.5 Å². The number of fused-ring (bicyclic) bond motifs is 3. The van der Waals surface area contributed by atoms with Crippen LogP contribution in [0.15, 0.2) is 22.9 Å². The molecular weight excluding hydrogens is 573 g/mol. The molecule has 0 aliphatic carbocycles. The monoisotopic (exact) mass is 645 g/mol. The third kappa shape index (κ3) is 15.2. The van der Waals surface area contributed by atoms with Crippen LogP contribution in [-0.4, -0.2) is 0 Å². The summed E-state index contributed by atoms with van der Waals surface area (Å²) >= 11 is 3.78. The van der Waals surface area contributed by atoms with Crippen LogP contribution in [0.3, 0.4) is 0 Å². The summed E-state index contributed by atoms with van der Waals surface area (Å²) in [6.07, 6.45) is 39.1. The minimum absolute atomic E-state index is 0.0983. The molecule has 0 radical (unpaired) electrons. The smallest absolute Gasteiger partial charge is 0.140 e. The van der Waals surface area contributed by atoms with Gasteiger partial charge in [0.25, 0.3) is 0 Å². The van der Waals surface area contributed by atoms with E-state index in [9.17, 15) is 0 Å². The molecule has 0 saturated carbocycles. The standard InChI is InChI=1S/C39H66OS2.C2H6/c1-3-5-7-9-11-13-15-17-19-21-23-25-27-31-39(35-29-33-41-37(35)38-36(40-39)30-34-42-38)32-28-26-24-22-20-18-16-14-12-10-8-6-4-2;1-2/h29-30,33-34H,3-28,31-32H2,1-2H3;1-2H3. The minimum atomic E-state index is -0.0983. The lowest BCUT2D eigenvalue weighted by Crippen LogP contribution is -2.35. The first-order chi connectivity index (χ1) is 21.8. The molecule has 44 heavy (non-hydrogen) atoms. The number of unbranched alkanes of at least 4 members (excludes halogenated alkanes) is 24. The van der Waals surface area contributed by atoms with Crippen molar-refractivity contribution in [2.75, 3.05) is 0 Å². The Kier molecular flexibility index (Phi) is 23.5. The van der Waals surface area contributed by atoms with Gasteiger partial charge in [0.05, 0.1) is 9.75 Å². The first-order valence-electron chi connectivity index (χ1n) is 19.7. The molecule has 0 aromatic carbocycles. The Morgan fingerprint density at radius 3 is 1.20 bits per heavy atom. The van der Waals surface area contributed by atoms with Crippen LogP contribution in [-0.2, 0) is 5.60 Å². The highest BCUT2D eigenvalue weighted by atomic mass is 32.1. The van der Waals surface area contributed by atoms with Crippen LogP contribution < -0.4 is 4.74 Å². The maximum atomic E-state index is 6.98. The van der Waals surface area contributed by atoms with Crippen LogP contribution in [0, 0.1) is 0 Å². The fourth-order valence-corrected chi connectivity index (χ4v) is 8.99. The van der Waals surface area contributed by atoms with Crippen molar-refractivity contribution in [3.63, 3.8) is 0 Å². The topological polar surface area (TPSA) is 9.23 Å². The number of rotatable bonds is 28. The normalized spacial score (nSPS) is 13.2. The van der Waals surface area contributed by atoms with Gasteiger partial charge in [-0.15, -0.1) is 22.7 Å². The molecular formula is C41H72OS2. The summed E-state index contributed by atoms with van der Waals surface area (Å²) in [6.45, 7) is 8.61. The molecule has 2 aromatic rings. The van der Waals surface area contributed by atoms with Crippen molar-refractivity contribution in [1.29, 1.82) is 0 Å². The summed E-state index contributed by atoms with van der Waals surface area (Å²) < 4.78 is 6.98. The maximum Gasteiger partial charge on any atom is 0.140 e. The van der Waals surface area contributed by atoms with E-state index in [0.29, 0.717) is 0 Å². The average Bonchev–Trinajstić information content (AvgIpc) is 3.73. The number of hydrogen-bond donors (Lipinski definition) is 0. The summed E-state index contributed by atoms with van der Waals surface area (Å²) in [5.41, 5.74) is 1.40. The molecule has 0 saturated heterocycles. The molecule has 0 atom stereocenters. The van der Waals surface area contributed by atoms with Crippen molar-refractivity contribution in [1.82, 2.24) is 0 Å². The van der Waals surface area contributed by atoms with E-state index in [1.165, 1.54) is 195 Å². The molecule has 0 unspecified atom stereocenters. The van der Waals surface area contributed by atoms with Gasteiger partial charge in [-0.25, -0.2) is 0 Å². The highest BCUT2D eigenvalue weighted by molar-refractivity contribution is 7.20. The zero-order chi connectivity index (χ0) is 31.6. The third-order valence-corrected chi connectivity index (χ3v) is 11.6. The van der Waals surface area contributed by atoms with Crippen molar-refractivity contribution in [2.45, 2.75) is 213 Å². The van der Waals surface area contributed by atoms with Crippen LogP contribution in [0.4, 0.5) is 0 Å². The molecule has 0 spiro atoms. The summed E-state index contributed by atoms with van der Waals surface area (Å²) in [6, 6.07) is 4.62. The molecule has 1 aliphatic rings. The summed E-state index contributed by atoms with van der Waals surface area (Å²) in [4.78, 5) is 2.86. The summed E-state index contributed by atoms with van der Waals surface area (Å²) in [5.74, 6) is 1.15. The Morgan fingerprint density at radius 1 is 0.455 bits per heavy atom. The van der Waals surface area contributed by atoms with Crippen molar-refractivity contribution in [2.24, 2.45) is 0 Å². The summed E-state index contributed by atoms with van der Waals surface area (Å²) in [7, 11) is 0. The molecule has 3 heteroatoms. The zero-order valence-corrected chi connectivity index (χ0v) is 31.5. The Bertz CT molecular complexity index is 866. The number of hydrogen-bond acceptors (Lipinski definition) is 3. The zero-order valence-electron chi connectivity index (χ0n) is 29.8. The Labute approximate surface area is 283 Å². The predicted octanol–water partition coefficient (Wildman–Crippen LogP) is 16.1. The van der Waals surface area contributed by atoms with E-state index < -0.39 is 0 Å². The van der Waals surface area contributed by atoms with Crippen LogP contribution in [0.5, 0.6) is 5.75 Å². The van der Waals surface area contributed by atoms with E-state index in [1.54, 1.807) is 0 Å². The van der Waals surface area contributed by atoms with Crippen LogP contribution in [0.25, 0.3) is 9.75 Å². The second-order valence-corrected chi connectivity index (χ2v) is 15.2. The SMILES string of the molecule is CC.CCCCCCCCCCCCCCCC1(CCCCCCCCCCCCCCC)Oc2ccsc2-c2sccc21. The largest absolute Gasteiger partial charge is 0.481 e. The van der Waals surface area contributed by atoms with E-state index in [4.69, 9.17) is 4.74 Å². The minimum Gasteiger partial charge on any atom is -0.481 e. The van der Waals surface area contributed by atoms with Gasteiger partial charge >= 0.3 is 0 Å². The van der Waals surface area contributed by atoms with E-state index in [0.717, 1.165) is 5.75 Å². The molecule has 0 N–H and O–H groups in total. The lowest BCUT2D eigenvalue weighted by molar-refractivity contribution is 0.0397. The van der Waals surface area contributed by atoms with Crippen LogP contribution in [0.1, 0.15) is 213 Å². The highest BCUT2D eigenvalue weighted by Crippen LogP contribution is 2.53. The van der Waals surface area contributed by atoms with Gasteiger partial charge in [0.1, 0.15) is 11.4 Å². The van der Waals surface area contributed by atoms with E-state index in [2.05, 4.69) is 36.7 Å². The fraction of sp³-hybridized carbons (Fsp3) is 0.805. The van der Waals surface area contributed by atoms with Gasteiger partial charge in [-0.3, -0.25) is 0 Å². The van der Waals surface area contributed by atoms with Crippen molar-refractivity contribution < 1.29 is 4.74 Å².